The molecule has 12 aromatic rings. The average molecular weight is 1690 g/mol. The molecular weight excluding hydrogens is 1600 g/mol. The van der Waals surface area contributed by atoms with Crippen LogP contribution in [0.15, 0.2) is 263 Å². The van der Waals surface area contributed by atoms with Crippen molar-refractivity contribution in [3.8, 4) is 0 Å². The van der Waals surface area contributed by atoms with Crippen molar-refractivity contribution in [1.82, 2.24) is 39.9 Å². The Labute approximate surface area is 707 Å². The Morgan fingerprint density at radius 1 is 0.290 bits per heavy atom. The molecule has 25 heteroatoms. The number of allylic oxidation sites excluding steroid dienone is 8. The zero-order chi connectivity index (χ0) is 88.2. The molecule has 0 spiro atoms. The Morgan fingerprint density at radius 3 is 0.863 bits per heavy atom. The quantitative estimate of drug-likeness (QED) is 0.0430. The Balaban J connectivity index is 0.000000142. The minimum atomic E-state index is -4.43. The number of hydrogen-bond donors (Lipinski definition) is 8. The lowest BCUT2D eigenvalue weighted by Gasteiger charge is -2.25. The van der Waals surface area contributed by atoms with Crippen LogP contribution in [0.2, 0.25) is 0 Å². The molecule has 4 aliphatic carbocycles. The van der Waals surface area contributed by atoms with E-state index in [2.05, 4.69) is 77.1 Å². The van der Waals surface area contributed by atoms with Crippen molar-refractivity contribution in [1.29, 1.82) is 0 Å². The summed E-state index contributed by atoms with van der Waals surface area (Å²) in [5.74, 6) is -0.284. The maximum atomic E-state index is 13.6. The molecule has 0 aliphatic heterocycles. The van der Waals surface area contributed by atoms with Crippen molar-refractivity contribution in [2.75, 3.05) is 0 Å². The highest BCUT2D eigenvalue weighted by molar-refractivity contribution is 5.73. The number of aromatic amines is 8. The highest BCUT2D eigenvalue weighted by Crippen LogP contribution is 2.46. The maximum Gasteiger partial charge on any atom is 0.417 e. The van der Waals surface area contributed by atoms with Crippen LogP contribution in [0.3, 0.4) is 0 Å². The smallest absolute Gasteiger partial charge is 0.311 e. The van der Waals surface area contributed by atoms with E-state index < -0.39 is 74.7 Å². The molecule has 16 rings (SSSR count). The van der Waals surface area contributed by atoms with E-state index in [-0.39, 0.29) is 51.5 Å². The van der Waals surface area contributed by atoms with Gasteiger partial charge in [-0.1, -0.05) is 229 Å². The molecule has 4 aromatic heterocycles. The molecule has 0 saturated heterocycles. The highest BCUT2D eigenvalue weighted by Gasteiger charge is 2.39. The van der Waals surface area contributed by atoms with Gasteiger partial charge in [0.05, 0.1) is 16.7 Å². The summed E-state index contributed by atoms with van der Waals surface area (Å²) in [4.78, 5) is 119. The normalized spacial score (nSPS) is 16.6. The number of aryl methyl sites for hydroxylation is 4. The summed E-state index contributed by atoms with van der Waals surface area (Å²) in [6.07, 6.45) is 2.93. The first-order valence-corrected chi connectivity index (χ1v) is 41.2. The summed E-state index contributed by atoms with van der Waals surface area (Å²) in [5, 5.41) is 0. The van der Waals surface area contributed by atoms with Gasteiger partial charge in [-0.15, -0.1) is 0 Å². The van der Waals surface area contributed by atoms with Gasteiger partial charge in [-0.25, -0.2) is 19.2 Å². The third-order valence-corrected chi connectivity index (χ3v) is 23.4. The van der Waals surface area contributed by atoms with Gasteiger partial charge >= 0.3 is 41.3 Å². The number of aromatic nitrogens is 8. The van der Waals surface area contributed by atoms with Crippen LogP contribution in [0.5, 0.6) is 0 Å². The predicted octanol–water partition coefficient (Wildman–Crippen LogP) is 20.3. The SMILES string of the molecule is Cc1ccc(C2=CCC(c3[nH]c(=O)[nH]c(=O)c3Cc3ccccc3)CC2)c(C(F)(F)F)c1.Cc1ccc(C2=CCC(c3[nH]c(=O)[nH]c(=O)c3Cc3ccccc3)CC2)c(C(F)(F)F)c1.Cc1cccc(C2=CCC(c3[nH]c(=O)[nH]c(=O)c3Cc3ccccc3)CC2)c1.Cc1cccc(C2=CCC(c3[nH]c(=O)[nH]c(=O)c3Cc3ccccc3)CC2)c1C(F)(F)F. The van der Waals surface area contributed by atoms with Gasteiger partial charge in [-0.05, 0) is 189 Å². The molecular formula is C99H93F9N8O8. The molecule has 4 atom stereocenters. The first-order valence-electron chi connectivity index (χ1n) is 41.2. The van der Waals surface area contributed by atoms with E-state index >= 15 is 0 Å². The third-order valence-electron chi connectivity index (χ3n) is 23.4. The number of alkyl halides is 9. The second kappa shape index (κ2) is 38.9. The van der Waals surface area contributed by atoms with Gasteiger partial charge in [0.2, 0.25) is 0 Å². The molecule has 4 aliphatic rings. The molecule has 0 bridgehead atoms. The molecule has 4 heterocycles. The van der Waals surface area contributed by atoms with E-state index in [1.165, 1.54) is 60.0 Å². The fourth-order valence-electron chi connectivity index (χ4n) is 17.3. The van der Waals surface area contributed by atoms with Crippen LogP contribution < -0.4 is 45.0 Å². The van der Waals surface area contributed by atoms with Gasteiger partial charge in [-0.2, -0.15) is 39.5 Å². The molecule has 640 valence electrons. The van der Waals surface area contributed by atoms with Crippen LogP contribution in [0.25, 0.3) is 22.3 Å². The number of H-pyrrole nitrogens is 8. The Bertz CT molecular complexity index is 6310. The molecule has 8 aromatic carbocycles. The number of halogens is 9. The summed E-state index contributed by atoms with van der Waals surface area (Å²) >= 11 is 0. The molecule has 8 N–H and O–H groups in total. The molecule has 0 fully saturated rings. The fraction of sp³-hybridized carbons (Fsp3) is 0.273. The molecule has 0 radical (unpaired) electrons. The standard InChI is InChI=1S/3C25H23F3N2O2.C24H24N2O2/c1-15-6-5-9-19(21(15)25(26,27)28)17-10-12-18(13-11-17)22-20(23(31)30-24(32)29-22)14-16-7-3-2-4-8-16;2*1-15-7-12-19(21(13-15)25(26,27)28)17-8-10-18(11-9-17)22-20(23(31)30-24(32)29-22)14-16-5-3-2-4-6-16;1-16-6-5-9-20(14-16)18-10-12-19(13-11-18)22-21(23(27)26-24(28)25-22)15-17-7-3-2-4-8-17/h2-10,18H,11-14H2,1H3,(H2,29,30,31,32);2*2-8,12-13,18H,9-11,14H2,1H3,(H2,29,30,31,32);2-10,14,19H,11-13,15H2,1H3,(H2,25,26,27,28). The lowest BCUT2D eigenvalue weighted by Crippen LogP contribution is -2.30. The van der Waals surface area contributed by atoms with Crippen molar-refractivity contribution in [2.45, 2.75) is 173 Å². The summed E-state index contributed by atoms with van der Waals surface area (Å²) in [5.41, 5.74) is 10.6. The molecule has 0 saturated carbocycles. The number of nitrogens with one attached hydrogen (secondary N) is 8. The van der Waals surface area contributed by atoms with Crippen LogP contribution in [0.4, 0.5) is 39.5 Å². The van der Waals surface area contributed by atoms with E-state index in [1.807, 2.05) is 127 Å². The van der Waals surface area contributed by atoms with Gasteiger partial charge in [0.15, 0.2) is 0 Å². The summed E-state index contributed by atoms with van der Waals surface area (Å²) < 4.78 is 122. The molecule has 124 heavy (non-hydrogen) atoms. The third kappa shape index (κ3) is 22.2. The number of hydrogen-bond acceptors (Lipinski definition) is 8. The second-order valence-corrected chi connectivity index (χ2v) is 32.1. The lowest BCUT2D eigenvalue weighted by atomic mass is 9.81. The topological polar surface area (TPSA) is 263 Å². The van der Waals surface area contributed by atoms with Gasteiger partial charge in [0.25, 0.3) is 22.2 Å². The van der Waals surface area contributed by atoms with Crippen molar-refractivity contribution in [3.05, 3.63) is 436 Å². The minimum Gasteiger partial charge on any atom is -0.311 e. The second-order valence-electron chi connectivity index (χ2n) is 32.1. The highest BCUT2D eigenvalue weighted by atomic mass is 19.4. The van der Waals surface area contributed by atoms with Crippen molar-refractivity contribution >= 4 is 22.3 Å². The lowest BCUT2D eigenvalue weighted by molar-refractivity contribution is -0.139. The molecule has 4 unspecified atom stereocenters. The van der Waals surface area contributed by atoms with Crippen molar-refractivity contribution in [3.63, 3.8) is 0 Å². The van der Waals surface area contributed by atoms with E-state index in [0.717, 1.165) is 47.2 Å². The minimum absolute atomic E-state index is 0.146. The zero-order valence-electron chi connectivity index (χ0n) is 68.7. The predicted molar refractivity (Wildman–Crippen MR) is 466 cm³/mol. The van der Waals surface area contributed by atoms with Gasteiger partial charge in [0.1, 0.15) is 0 Å². The van der Waals surface area contributed by atoms with Crippen molar-refractivity contribution in [2.24, 2.45) is 0 Å². The first kappa shape index (κ1) is 88.6. The summed E-state index contributed by atoms with van der Waals surface area (Å²) in [6, 6.07) is 60.2. The first-order chi connectivity index (χ1) is 59.3. The van der Waals surface area contributed by atoms with Crippen LogP contribution in [-0.4, -0.2) is 39.9 Å². The monoisotopic (exact) mass is 1690 g/mol. The van der Waals surface area contributed by atoms with E-state index in [9.17, 15) is 77.9 Å². The molecule has 16 nitrogen and oxygen atoms in total. The zero-order valence-corrected chi connectivity index (χ0v) is 68.7. The van der Waals surface area contributed by atoms with E-state index in [1.54, 1.807) is 44.2 Å². The van der Waals surface area contributed by atoms with Crippen LogP contribution in [0.1, 0.15) is 229 Å². The van der Waals surface area contributed by atoms with Gasteiger partial charge < -0.3 is 19.9 Å². The summed E-state index contributed by atoms with van der Waals surface area (Å²) in [6.45, 7) is 6.85. The summed E-state index contributed by atoms with van der Waals surface area (Å²) in [7, 11) is 0. The Morgan fingerprint density at radius 2 is 0.581 bits per heavy atom. The maximum absolute atomic E-state index is 13.6. The Hall–Kier alpha value is -13.2. The van der Waals surface area contributed by atoms with Gasteiger partial charge in [-0.3, -0.25) is 39.1 Å². The van der Waals surface area contributed by atoms with E-state index in [0.29, 0.717) is 151 Å². The number of benzene rings is 8. The van der Waals surface area contributed by atoms with Crippen LogP contribution >= 0.6 is 0 Å². The fourth-order valence-corrected chi connectivity index (χ4v) is 17.3. The van der Waals surface area contributed by atoms with Crippen molar-refractivity contribution < 1.29 is 39.5 Å². The van der Waals surface area contributed by atoms with Crippen LogP contribution in [0, 0.1) is 27.7 Å². The Kier molecular flexibility index (Phi) is 27.8. The van der Waals surface area contributed by atoms with Gasteiger partial charge in [0, 0.05) is 94.4 Å². The largest absolute Gasteiger partial charge is 0.417 e. The number of rotatable bonds is 16. The molecule has 0 amide bonds. The average Bonchev–Trinajstić information content (AvgIpc) is 0.782. The van der Waals surface area contributed by atoms with E-state index in [4.69, 9.17) is 0 Å². The van der Waals surface area contributed by atoms with Crippen LogP contribution in [-0.2, 0) is 44.2 Å².